The van der Waals surface area contributed by atoms with E-state index in [1.807, 2.05) is 0 Å². The van der Waals surface area contributed by atoms with Gasteiger partial charge in [0.25, 0.3) is 0 Å². The maximum absolute atomic E-state index is 3.51. The molecule has 0 saturated carbocycles. The van der Waals surface area contributed by atoms with Crippen LogP contribution in [-0.2, 0) is 0 Å². The lowest BCUT2D eigenvalue weighted by molar-refractivity contribution is 1.39. The van der Waals surface area contributed by atoms with E-state index >= 15 is 0 Å². The van der Waals surface area contributed by atoms with Gasteiger partial charge in [-0.1, -0.05) is 31.9 Å². The zero-order valence-electron chi connectivity index (χ0n) is 6.15. The second-order valence-electron chi connectivity index (χ2n) is 2.21. The van der Waals surface area contributed by atoms with Gasteiger partial charge in [0.05, 0.1) is 0 Å². The van der Waals surface area contributed by atoms with E-state index in [2.05, 4.69) is 112 Å². The Bertz CT molecular complexity index is 342. The summed E-state index contributed by atoms with van der Waals surface area (Å²) in [6.45, 7) is 0. The summed E-state index contributed by atoms with van der Waals surface area (Å²) in [5.74, 6) is 0. The number of halogens is 7. The highest BCUT2D eigenvalue weighted by Gasteiger charge is 2.21. The van der Waals surface area contributed by atoms with Gasteiger partial charge in [0.15, 0.2) is 0 Å². The van der Waals surface area contributed by atoms with E-state index in [-0.39, 0.29) is 0 Å². The van der Waals surface area contributed by atoms with Crippen LogP contribution in [0.2, 0.25) is 0 Å². The molecule has 1 rings (SSSR count). The molecule has 0 aromatic heterocycles. The molecule has 14 heavy (non-hydrogen) atoms. The Hall–Kier alpha value is 2.58. The fourth-order valence-electron chi connectivity index (χ4n) is 0.771. The molecule has 0 N–H and O–H groups in total. The number of hydrogen-bond acceptors (Lipinski definition) is 0. The molecule has 0 fully saturated rings. The molecule has 77 valence electrons. The quantitative estimate of drug-likeness (QED) is 0.226. The number of benzene rings is 1. The van der Waals surface area contributed by atoms with E-state index in [4.69, 9.17) is 0 Å². The fraction of sp³-hybridized carbons (Fsp3) is 0. The van der Waals surface area contributed by atoms with E-state index in [9.17, 15) is 0 Å². The van der Waals surface area contributed by atoms with Gasteiger partial charge >= 0.3 is 0 Å². The molecule has 0 saturated heterocycles. The molecule has 1 aromatic carbocycles. The SMILES string of the molecule is Br[C](Br)c1c(Br)c(Br)c(Br)c(Br)c1Br. The first-order valence-electron chi connectivity index (χ1n) is 3.07. The van der Waals surface area contributed by atoms with Crippen LogP contribution in [-0.4, -0.2) is 0 Å². The van der Waals surface area contributed by atoms with Crippen LogP contribution in [0.4, 0.5) is 0 Å². The summed E-state index contributed by atoms with van der Waals surface area (Å²) in [7, 11) is 0. The molecule has 0 atom stereocenters. The zero-order chi connectivity index (χ0) is 11.0. The van der Waals surface area contributed by atoms with Crippen molar-refractivity contribution in [2.24, 2.45) is 0 Å². The van der Waals surface area contributed by atoms with Gasteiger partial charge in [-0.2, -0.15) is 0 Å². The molecule has 0 aliphatic carbocycles. The molecule has 0 aliphatic heterocycles. The summed E-state index contributed by atoms with van der Waals surface area (Å²) >= 11 is 24.2. The van der Waals surface area contributed by atoms with Crippen molar-refractivity contribution in [1.29, 1.82) is 0 Å². The predicted molar refractivity (Wildman–Crippen MR) is 85.1 cm³/mol. The van der Waals surface area contributed by atoms with E-state index < -0.39 is 0 Å². The molecule has 1 radical (unpaired) electrons. The molecular formula is C7Br7. The number of rotatable bonds is 1. The van der Waals surface area contributed by atoms with Crippen LogP contribution in [0.1, 0.15) is 5.56 Å². The van der Waals surface area contributed by atoms with Gasteiger partial charge in [0.2, 0.25) is 0 Å². The van der Waals surface area contributed by atoms with Crippen molar-refractivity contribution in [1.82, 2.24) is 0 Å². The first kappa shape index (κ1) is 14.6. The Morgan fingerprint density at radius 2 is 0.857 bits per heavy atom. The molecule has 0 unspecified atom stereocenters. The highest BCUT2D eigenvalue weighted by atomic mass is 79.9. The van der Waals surface area contributed by atoms with Crippen molar-refractivity contribution in [3.05, 3.63) is 31.7 Å². The summed E-state index contributed by atoms with van der Waals surface area (Å²) < 4.78 is 5.67. The summed E-state index contributed by atoms with van der Waals surface area (Å²) in [5, 5.41) is 0. The van der Waals surface area contributed by atoms with Gasteiger partial charge in [-0.3, -0.25) is 0 Å². The van der Waals surface area contributed by atoms with E-state index in [0.717, 1.165) is 31.7 Å². The fourth-order valence-corrected chi connectivity index (χ4v) is 6.07. The van der Waals surface area contributed by atoms with Crippen LogP contribution in [0, 0.1) is 3.74 Å². The highest BCUT2D eigenvalue weighted by Crippen LogP contribution is 2.49. The number of hydrogen-bond donors (Lipinski definition) is 0. The van der Waals surface area contributed by atoms with Gasteiger partial charge in [0, 0.05) is 27.9 Å². The molecule has 0 bridgehead atoms. The molecule has 7 heteroatoms. The average molecular weight is 643 g/mol. The normalized spacial score (nSPS) is 11.1. The van der Waals surface area contributed by atoms with Gasteiger partial charge in [-0.05, 0) is 79.6 Å². The average Bonchev–Trinajstić information content (AvgIpc) is 2.11. The minimum Gasteiger partial charge on any atom is -0.0644 e. The summed E-state index contributed by atoms with van der Waals surface area (Å²) in [5.41, 5.74) is 1.01. The third kappa shape index (κ3) is 2.88. The smallest absolute Gasteiger partial charge is 0.0644 e. The van der Waals surface area contributed by atoms with Gasteiger partial charge in [-0.15, -0.1) is 0 Å². The standard InChI is InChI=1S/C7Br7/c8-2-1(7(13)14)3(9)5(11)6(12)4(2)10. The van der Waals surface area contributed by atoms with Crippen LogP contribution >= 0.6 is 112 Å². The van der Waals surface area contributed by atoms with E-state index in [0.29, 0.717) is 0 Å². The first-order chi connectivity index (χ1) is 6.37. The van der Waals surface area contributed by atoms with Crippen LogP contribution < -0.4 is 0 Å². The molecule has 0 heterocycles. The van der Waals surface area contributed by atoms with Crippen molar-refractivity contribution in [2.45, 2.75) is 0 Å². The Kier molecular flexibility index (Phi) is 6.23. The lowest BCUT2D eigenvalue weighted by atomic mass is 10.2. The van der Waals surface area contributed by atoms with Crippen LogP contribution in [0.3, 0.4) is 0 Å². The zero-order valence-corrected chi connectivity index (χ0v) is 17.2. The second-order valence-corrected chi connectivity index (χ2v) is 8.82. The van der Waals surface area contributed by atoms with Crippen molar-refractivity contribution in [3.8, 4) is 0 Å². The Labute approximate surface area is 141 Å². The van der Waals surface area contributed by atoms with Crippen molar-refractivity contribution in [2.75, 3.05) is 0 Å². The second kappa shape index (κ2) is 5.96. The van der Waals surface area contributed by atoms with Crippen LogP contribution in [0.5, 0.6) is 0 Å². The molecule has 0 spiro atoms. The summed E-state index contributed by atoms with van der Waals surface area (Å²) in [4.78, 5) is 0. The Morgan fingerprint density at radius 3 is 1.14 bits per heavy atom. The summed E-state index contributed by atoms with van der Waals surface area (Å²) in [6, 6.07) is 0. The molecule has 0 amide bonds. The van der Waals surface area contributed by atoms with Gasteiger partial charge in [-0.25, -0.2) is 0 Å². The van der Waals surface area contributed by atoms with Crippen molar-refractivity contribution >= 4 is 112 Å². The van der Waals surface area contributed by atoms with E-state index in [1.165, 1.54) is 0 Å². The third-order valence-electron chi connectivity index (χ3n) is 1.40. The Balaban J connectivity index is 3.60. The maximum atomic E-state index is 3.51. The van der Waals surface area contributed by atoms with Gasteiger partial charge < -0.3 is 0 Å². The monoisotopic (exact) mass is 636 g/mol. The lowest BCUT2D eigenvalue weighted by Crippen LogP contribution is -1.91. The van der Waals surface area contributed by atoms with Crippen LogP contribution in [0.25, 0.3) is 0 Å². The Morgan fingerprint density at radius 1 is 0.571 bits per heavy atom. The predicted octanol–water partition coefficient (Wildman–Crippen LogP) is 7.13. The minimum absolute atomic E-state index is 0.873. The molecule has 0 nitrogen and oxygen atoms in total. The molecule has 1 aromatic rings. The van der Waals surface area contributed by atoms with Crippen LogP contribution in [0.15, 0.2) is 22.4 Å². The highest BCUT2D eigenvalue weighted by molar-refractivity contribution is 9.27. The lowest BCUT2D eigenvalue weighted by Gasteiger charge is -2.13. The van der Waals surface area contributed by atoms with Gasteiger partial charge in [0.1, 0.15) is 3.74 Å². The maximum Gasteiger partial charge on any atom is 0.137 e. The minimum atomic E-state index is 0.873. The topological polar surface area (TPSA) is 0 Å². The third-order valence-corrected chi connectivity index (χ3v) is 8.29. The molecule has 0 aliphatic rings. The van der Waals surface area contributed by atoms with E-state index in [1.54, 1.807) is 0 Å². The van der Waals surface area contributed by atoms with Crippen molar-refractivity contribution in [3.63, 3.8) is 0 Å². The summed E-state index contributed by atoms with van der Waals surface area (Å²) in [6.07, 6.45) is 0. The first-order valence-corrected chi connectivity index (χ1v) is 8.62. The van der Waals surface area contributed by atoms with Crippen molar-refractivity contribution < 1.29 is 0 Å². The molecular weight excluding hydrogens is 643 g/mol. The largest absolute Gasteiger partial charge is 0.137 e.